The van der Waals surface area contributed by atoms with E-state index in [-0.39, 0.29) is 104 Å². The van der Waals surface area contributed by atoms with Gasteiger partial charge >= 0.3 is 6.09 Å². The number of anilines is 2. The molecule has 92 heavy (non-hydrogen) atoms. The van der Waals surface area contributed by atoms with Crippen molar-refractivity contribution in [3.05, 3.63) is 184 Å². The normalized spacial score (nSPS) is 17.6. The lowest BCUT2D eigenvalue weighted by Gasteiger charge is -2.39. The number of aliphatic hydroxyl groups is 1. The summed E-state index contributed by atoms with van der Waals surface area (Å²) in [5.74, 6) is -1.86. The third-order valence-electron chi connectivity index (χ3n) is 17.1. The molecule has 4 N–H and O–H groups in total. The molecule has 0 radical (unpaired) electrons. The van der Waals surface area contributed by atoms with Gasteiger partial charge in [0.2, 0.25) is 17.7 Å². The minimum Gasteiger partial charge on any atom is -0.493 e. The highest BCUT2D eigenvalue weighted by atomic mass is 16.6. The Morgan fingerprint density at radius 1 is 0.620 bits per heavy atom. The molecule has 6 aromatic rings. The highest BCUT2D eigenvalue weighted by molar-refractivity contribution is 6.13. The molecule has 5 atom stereocenters. The third kappa shape index (κ3) is 13.8. The van der Waals surface area contributed by atoms with Gasteiger partial charge in [-0.2, -0.15) is 0 Å². The van der Waals surface area contributed by atoms with Gasteiger partial charge in [0.05, 0.1) is 48.8 Å². The van der Waals surface area contributed by atoms with Gasteiger partial charge in [-0.3, -0.25) is 43.5 Å². The molecular weight excluding hydrogens is 1180 g/mol. The summed E-state index contributed by atoms with van der Waals surface area (Å²) in [6.45, 7) is 5.83. The SMILES string of the molecule is COc1cc2c(cc1OCc1cccc(COc3cc4c(cc3OC)C(=O)N3Cc5ccccc5C[C@H]3C(O)N4C(=O)OCc3ccc(NC(=O)[C@H](C)NC(=O)[C@@H](NC(=O)CCCCCN4C(=O)C=CC4=O)C(C)C)cc3)c1)N=C[C@@H]1Cc3ccccc3CN1C2=O. The van der Waals surface area contributed by atoms with Crippen LogP contribution in [0, 0.1) is 5.92 Å². The molecule has 0 aromatic heterocycles. The Labute approximate surface area is 532 Å². The lowest BCUT2D eigenvalue weighted by atomic mass is 9.93. The number of carbonyl (C=O) groups excluding carboxylic acids is 8. The van der Waals surface area contributed by atoms with E-state index >= 15 is 0 Å². The van der Waals surface area contributed by atoms with Crippen LogP contribution in [0.3, 0.4) is 0 Å². The monoisotopic (exact) mass is 1250 g/mol. The van der Waals surface area contributed by atoms with E-state index in [4.69, 9.17) is 28.7 Å². The zero-order chi connectivity index (χ0) is 64.7. The van der Waals surface area contributed by atoms with Crippen molar-refractivity contribution in [3.8, 4) is 23.0 Å². The Kier molecular flexibility index (Phi) is 19.1. The fourth-order valence-electron chi connectivity index (χ4n) is 12.0. The smallest absolute Gasteiger partial charge is 0.416 e. The first-order valence-corrected chi connectivity index (χ1v) is 30.7. The summed E-state index contributed by atoms with van der Waals surface area (Å²) in [6, 6.07) is 33.2. The van der Waals surface area contributed by atoms with Crippen LogP contribution in [0.15, 0.2) is 138 Å². The second-order valence-electron chi connectivity index (χ2n) is 23.7. The maximum absolute atomic E-state index is 14.8. The van der Waals surface area contributed by atoms with Crippen molar-refractivity contribution in [2.75, 3.05) is 31.0 Å². The topological polar surface area (TPSA) is 264 Å². The van der Waals surface area contributed by atoms with Gasteiger partial charge in [0.25, 0.3) is 23.6 Å². The van der Waals surface area contributed by atoms with E-state index < -0.39 is 48.2 Å². The predicted molar refractivity (Wildman–Crippen MR) is 339 cm³/mol. The Morgan fingerprint density at radius 2 is 1.23 bits per heavy atom. The van der Waals surface area contributed by atoms with Crippen molar-refractivity contribution in [1.82, 2.24) is 25.3 Å². The minimum absolute atomic E-state index is 0.00919. The van der Waals surface area contributed by atoms with Crippen molar-refractivity contribution in [1.29, 1.82) is 0 Å². The number of methoxy groups -OCH3 is 2. The molecule has 476 valence electrons. The molecule has 5 aliphatic rings. The Balaban J connectivity index is 0.733. The van der Waals surface area contributed by atoms with Gasteiger partial charge in [-0.15, -0.1) is 0 Å². The molecule has 22 nitrogen and oxygen atoms in total. The quantitative estimate of drug-likeness (QED) is 0.0368. The first kappa shape index (κ1) is 63.2. The summed E-state index contributed by atoms with van der Waals surface area (Å²) in [4.78, 5) is 117. The molecule has 0 fully saturated rings. The molecule has 8 amide bonds. The number of ether oxygens (including phenoxy) is 5. The number of amides is 8. The van der Waals surface area contributed by atoms with Crippen molar-refractivity contribution in [2.45, 2.75) is 123 Å². The zero-order valence-electron chi connectivity index (χ0n) is 51.7. The molecule has 5 aliphatic heterocycles. The zero-order valence-corrected chi connectivity index (χ0v) is 51.7. The Morgan fingerprint density at radius 3 is 1.88 bits per heavy atom. The maximum Gasteiger partial charge on any atom is 0.416 e. The van der Waals surface area contributed by atoms with Crippen molar-refractivity contribution in [3.63, 3.8) is 0 Å². The van der Waals surface area contributed by atoms with Crippen LogP contribution in [0.2, 0.25) is 0 Å². The standard InChI is InChI=1S/C70H72N8O14/c1-41(2)64(74-61(79)20-7-6-12-27-75-62(80)25-26-63(75)81)66(83)72-42(3)65(82)73-50-23-21-43(22-24-50)38-92-70(87)78-55-34-60(58(89-5)32-53(55)68(85)77-37-49-19-11-9-17-47(49)30-56(77)69(78)86)91-40-45-15-13-14-44(28-45)39-90-59-33-54-52(31-57(59)88-4)67(84)76-36-48-18-10-8-16-46(48)29-51(76)35-71-54/h8-11,13-19,21-26,28,31-35,41-42,51,56,64,69,86H,6-7,12,20,27,29-30,36-40H2,1-5H3,(H,72,83)(H,73,82)(H,74,79)/t42-,51-,56-,64-,69?/m0/s1. The van der Waals surface area contributed by atoms with E-state index in [0.29, 0.717) is 66.2 Å². The summed E-state index contributed by atoms with van der Waals surface area (Å²) in [5.41, 5.74) is 7.55. The lowest BCUT2D eigenvalue weighted by molar-refractivity contribution is -0.137. The number of nitrogens with zero attached hydrogens (tertiary/aromatic N) is 5. The van der Waals surface area contributed by atoms with Crippen molar-refractivity contribution >= 4 is 70.7 Å². The third-order valence-corrected chi connectivity index (χ3v) is 17.1. The van der Waals surface area contributed by atoms with E-state index in [1.165, 1.54) is 51.0 Å². The first-order chi connectivity index (χ1) is 44.4. The number of hydrogen-bond acceptors (Lipinski definition) is 15. The van der Waals surface area contributed by atoms with Gasteiger partial charge < -0.3 is 54.5 Å². The average Bonchev–Trinajstić information content (AvgIpc) is 1.58. The van der Waals surface area contributed by atoms with Gasteiger partial charge in [0.15, 0.2) is 29.2 Å². The molecule has 5 heterocycles. The second kappa shape index (κ2) is 27.8. The highest BCUT2D eigenvalue weighted by Crippen LogP contribution is 2.43. The van der Waals surface area contributed by atoms with Crippen LogP contribution in [0.5, 0.6) is 23.0 Å². The van der Waals surface area contributed by atoms with Gasteiger partial charge in [-0.25, -0.2) is 9.69 Å². The Bertz CT molecular complexity index is 3910. The molecule has 0 saturated carbocycles. The number of aliphatic imine (C=N–C) groups is 1. The number of rotatable bonds is 22. The minimum atomic E-state index is -1.58. The van der Waals surface area contributed by atoms with Gasteiger partial charge in [0, 0.05) is 62.2 Å². The van der Waals surface area contributed by atoms with E-state index in [2.05, 4.69) is 22.0 Å². The van der Waals surface area contributed by atoms with Gasteiger partial charge in [0.1, 0.15) is 31.9 Å². The van der Waals surface area contributed by atoms with E-state index in [0.717, 1.165) is 37.6 Å². The number of unbranched alkanes of at least 4 members (excludes halogenated alkanes) is 2. The molecular formula is C70H72N8O14. The predicted octanol–water partition coefficient (Wildman–Crippen LogP) is 8.26. The average molecular weight is 1250 g/mol. The maximum atomic E-state index is 14.8. The van der Waals surface area contributed by atoms with E-state index in [1.54, 1.807) is 55.1 Å². The molecule has 11 rings (SSSR count). The fraction of sp³-hybridized carbons (Fsp3) is 0.329. The van der Waals surface area contributed by atoms with Crippen LogP contribution < -0.4 is 39.8 Å². The lowest BCUT2D eigenvalue weighted by Crippen LogP contribution is -2.55. The van der Waals surface area contributed by atoms with Gasteiger partial charge in [-0.05, 0) is 108 Å². The summed E-state index contributed by atoms with van der Waals surface area (Å²) in [6.07, 6.45) is 4.38. The summed E-state index contributed by atoms with van der Waals surface area (Å²) < 4.78 is 30.3. The molecule has 1 unspecified atom stereocenters. The number of imide groups is 1. The molecule has 0 spiro atoms. The molecule has 0 aliphatic carbocycles. The number of fused-ring (bicyclic) bond motifs is 6. The van der Waals surface area contributed by atoms with Gasteiger partial charge in [-0.1, -0.05) is 99.1 Å². The second-order valence-corrected chi connectivity index (χ2v) is 23.7. The first-order valence-electron chi connectivity index (χ1n) is 30.7. The van der Waals surface area contributed by atoms with Crippen LogP contribution in [0.25, 0.3) is 0 Å². The highest BCUT2D eigenvalue weighted by Gasteiger charge is 2.46. The van der Waals surface area contributed by atoms with Crippen LogP contribution in [-0.2, 0) is 74.5 Å². The molecule has 0 saturated heterocycles. The van der Waals surface area contributed by atoms with Crippen LogP contribution in [0.4, 0.5) is 21.9 Å². The summed E-state index contributed by atoms with van der Waals surface area (Å²) in [7, 11) is 2.96. The van der Waals surface area contributed by atoms with Crippen LogP contribution in [0.1, 0.15) is 106 Å². The van der Waals surface area contributed by atoms with Crippen molar-refractivity contribution in [2.24, 2.45) is 10.9 Å². The Hall–Kier alpha value is -10.4. The number of aliphatic hydroxyl groups excluding tert-OH is 1. The molecule has 6 aromatic carbocycles. The summed E-state index contributed by atoms with van der Waals surface area (Å²) in [5, 5.41) is 20.6. The number of carbonyl (C=O) groups is 8. The number of nitrogens with one attached hydrogen (secondary N) is 3. The van der Waals surface area contributed by atoms with Crippen molar-refractivity contribution < 1.29 is 67.1 Å². The number of benzene rings is 6. The largest absolute Gasteiger partial charge is 0.493 e. The summed E-state index contributed by atoms with van der Waals surface area (Å²) >= 11 is 0. The van der Waals surface area contributed by atoms with E-state index in [1.807, 2.05) is 77.8 Å². The fourth-order valence-corrected chi connectivity index (χ4v) is 12.0. The number of hydrogen-bond donors (Lipinski definition) is 4. The molecule has 22 heteroatoms. The van der Waals surface area contributed by atoms with Crippen LogP contribution >= 0.6 is 0 Å². The van der Waals surface area contributed by atoms with Crippen LogP contribution in [-0.4, -0.2) is 125 Å². The molecule has 0 bridgehead atoms. The van der Waals surface area contributed by atoms with E-state index in [9.17, 15) is 43.5 Å².